The van der Waals surface area contributed by atoms with Crippen molar-refractivity contribution in [3.05, 3.63) is 11.8 Å². The number of amides is 2. The Bertz CT molecular complexity index is 370. The van der Waals surface area contributed by atoms with Gasteiger partial charge in [-0.3, -0.25) is 10.4 Å². The van der Waals surface area contributed by atoms with Gasteiger partial charge in [0.05, 0.1) is 6.20 Å². The fourth-order valence-electron chi connectivity index (χ4n) is 2.16. The van der Waals surface area contributed by atoms with Gasteiger partial charge in [0.25, 0.3) is 0 Å². The smallest absolute Gasteiger partial charge is 0.320 e. The lowest BCUT2D eigenvalue weighted by Gasteiger charge is -2.22. The number of carbonyl (C=O) groups is 1. The summed E-state index contributed by atoms with van der Waals surface area (Å²) in [5.41, 5.74) is 6.33. The first-order valence-electron chi connectivity index (χ1n) is 6.09. The highest BCUT2D eigenvalue weighted by Gasteiger charge is 2.16. The predicted molar refractivity (Wildman–Crippen MR) is 65.5 cm³/mol. The molecule has 0 radical (unpaired) electrons. The first-order valence-corrected chi connectivity index (χ1v) is 6.09. The number of urea groups is 1. The zero-order chi connectivity index (χ0) is 12.1. The summed E-state index contributed by atoms with van der Waals surface area (Å²) in [5.74, 6) is 0.584. The summed E-state index contributed by atoms with van der Waals surface area (Å²) in [7, 11) is 0. The molecule has 0 aliphatic heterocycles. The molecule has 6 heteroatoms. The lowest BCUT2D eigenvalue weighted by Crippen LogP contribution is -2.39. The zero-order valence-corrected chi connectivity index (χ0v) is 9.83. The highest BCUT2D eigenvalue weighted by Crippen LogP contribution is 2.17. The third-order valence-corrected chi connectivity index (χ3v) is 3.12. The van der Waals surface area contributed by atoms with Crippen LogP contribution < -0.4 is 16.4 Å². The maximum absolute atomic E-state index is 11.7. The van der Waals surface area contributed by atoms with Crippen molar-refractivity contribution in [2.75, 3.05) is 5.32 Å². The summed E-state index contributed by atoms with van der Waals surface area (Å²) in [5, 5.41) is 12.3. The fourth-order valence-corrected chi connectivity index (χ4v) is 2.16. The second-order valence-electron chi connectivity index (χ2n) is 4.41. The van der Waals surface area contributed by atoms with Crippen molar-refractivity contribution in [1.82, 2.24) is 15.5 Å². The van der Waals surface area contributed by atoms with Crippen LogP contribution in [-0.4, -0.2) is 22.3 Å². The second-order valence-corrected chi connectivity index (χ2v) is 4.41. The summed E-state index contributed by atoms with van der Waals surface area (Å²) in [6.45, 7) is 0.357. The van der Waals surface area contributed by atoms with Gasteiger partial charge in [-0.25, -0.2) is 4.79 Å². The van der Waals surface area contributed by atoms with Crippen LogP contribution in [-0.2, 0) is 6.54 Å². The Labute approximate surface area is 100 Å². The van der Waals surface area contributed by atoms with Crippen LogP contribution >= 0.6 is 0 Å². The van der Waals surface area contributed by atoms with E-state index in [1.807, 2.05) is 0 Å². The predicted octanol–water partition coefficient (Wildman–Crippen LogP) is 1.32. The third kappa shape index (κ3) is 3.20. The van der Waals surface area contributed by atoms with Gasteiger partial charge in [-0.05, 0) is 12.8 Å². The van der Waals surface area contributed by atoms with Gasteiger partial charge < -0.3 is 11.1 Å². The molecular weight excluding hydrogens is 218 g/mol. The molecule has 5 N–H and O–H groups in total. The zero-order valence-electron chi connectivity index (χ0n) is 9.83. The van der Waals surface area contributed by atoms with Crippen LogP contribution in [0.2, 0.25) is 0 Å². The number of nitrogens with zero attached hydrogens (tertiary/aromatic N) is 1. The van der Waals surface area contributed by atoms with E-state index in [0.717, 1.165) is 18.4 Å². The van der Waals surface area contributed by atoms with Crippen LogP contribution in [0.1, 0.15) is 37.7 Å². The highest BCUT2D eigenvalue weighted by molar-refractivity contribution is 5.89. The average molecular weight is 237 g/mol. The van der Waals surface area contributed by atoms with Gasteiger partial charge in [0.1, 0.15) is 5.82 Å². The highest BCUT2D eigenvalue weighted by atomic mass is 16.2. The molecule has 1 saturated carbocycles. The van der Waals surface area contributed by atoms with Crippen LogP contribution in [0.25, 0.3) is 0 Å². The number of anilines is 1. The van der Waals surface area contributed by atoms with Crippen molar-refractivity contribution in [1.29, 1.82) is 0 Å². The van der Waals surface area contributed by atoms with Crippen molar-refractivity contribution in [2.45, 2.75) is 44.7 Å². The quantitative estimate of drug-likeness (QED) is 0.638. The van der Waals surface area contributed by atoms with Gasteiger partial charge in [-0.15, -0.1) is 0 Å². The van der Waals surface area contributed by atoms with E-state index in [1.165, 1.54) is 19.3 Å². The van der Waals surface area contributed by atoms with E-state index < -0.39 is 0 Å². The molecular formula is C11H19N5O. The lowest BCUT2D eigenvalue weighted by atomic mass is 9.96. The van der Waals surface area contributed by atoms with Crippen molar-refractivity contribution >= 4 is 11.8 Å². The molecule has 1 heterocycles. The SMILES string of the molecule is NCc1cn[nH]c1NC(=O)NC1CCCCC1. The number of H-pyrrole nitrogens is 1. The van der Waals surface area contributed by atoms with E-state index in [9.17, 15) is 4.79 Å². The molecule has 17 heavy (non-hydrogen) atoms. The molecule has 1 aromatic heterocycles. The Morgan fingerprint density at radius 3 is 2.94 bits per heavy atom. The topological polar surface area (TPSA) is 95.8 Å². The third-order valence-electron chi connectivity index (χ3n) is 3.12. The van der Waals surface area contributed by atoms with E-state index in [2.05, 4.69) is 20.8 Å². The minimum atomic E-state index is -0.184. The molecule has 0 unspecified atom stereocenters. The molecule has 1 fully saturated rings. The Balaban J connectivity index is 1.84. The van der Waals surface area contributed by atoms with E-state index in [-0.39, 0.29) is 6.03 Å². The molecule has 0 bridgehead atoms. The number of carbonyl (C=O) groups excluding carboxylic acids is 1. The summed E-state index contributed by atoms with van der Waals surface area (Å²) < 4.78 is 0. The molecule has 94 valence electrons. The molecule has 0 saturated heterocycles. The van der Waals surface area contributed by atoms with Gasteiger partial charge in [0.2, 0.25) is 0 Å². The van der Waals surface area contributed by atoms with Crippen LogP contribution in [0.5, 0.6) is 0 Å². The van der Waals surface area contributed by atoms with Crippen molar-refractivity contribution in [3.8, 4) is 0 Å². The average Bonchev–Trinajstić information content (AvgIpc) is 2.77. The standard InChI is InChI=1S/C11H19N5O/c12-6-8-7-13-16-10(8)15-11(17)14-9-4-2-1-3-5-9/h7,9H,1-6,12H2,(H3,13,14,15,16,17). The number of nitrogens with one attached hydrogen (secondary N) is 3. The minimum Gasteiger partial charge on any atom is -0.335 e. The number of nitrogens with two attached hydrogens (primary N) is 1. The molecule has 6 nitrogen and oxygen atoms in total. The maximum Gasteiger partial charge on any atom is 0.320 e. The van der Waals surface area contributed by atoms with Crippen LogP contribution in [0.3, 0.4) is 0 Å². The Hall–Kier alpha value is -1.56. The fraction of sp³-hybridized carbons (Fsp3) is 0.636. The van der Waals surface area contributed by atoms with Gasteiger partial charge in [0.15, 0.2) is 0 Å². The number of hydrogen-bond acceptors (Lipinski definition) is 3. The molecule has 0 aromatic carbocycles. The van der Waals surface area contributed by atoms with E-state index in [0.29, 0.717) is 18.4 Å². The van der Waals surface area contributed by atoms with Crippen LogP contribution in [0, 0.1) is 0 Å². The first kappa shape index (κ1) is 11.9. The molecule has 1 aliphatic carbocycles. The number of aromatic amines is 1. The normalized spacial score (nSPS) is 16.8. The first-order chi connectivity index (χ1) is 8.29. The maximum atomic E-state index is 11.7. The number of rotatable bonds is 3. The lowest BCUT2D eigenvalue weighted by molar-refractivity contribution is 0.244. The summed E-state index contributed by atoms with van der Waals surface area (Å²) in [4.78, 5) is 11.7. The largest absolute Gasteiger partial charge is 0.335 e. The van der Waals surface area contributed by atoms with Gasteiger partial charge in [0, 0.05) is 18.2 Å². The Kier molecular flexibility index (Phi) is 3.98. The van der Waals surface area contributed by atoms with E-state index in [1.54, 1.807) is 6.20 Å². The van der Waals surface area contributed by atoms with E-state index in [4.69, 9.17) is 5.73 Å². The van der Waals surface area contributed by atoms with Crippen molar-refractivity contribution in [2.24, 2.45) is 5.73 Å². The molecule has 2 rings (SSSR count). The Morgan fingerprint density at radius 2 is 2.24 bits per heavy atom. The monoisotopic (exact) mass is 237 g/mol. The van der Waals surface area contributed by atoms with Gasteiger partial charge in [-0.1, -0.05) is 19.3 Å². The van der Waals surface area contributed by atoms with Crippen LogP contribution in [0.15, 0.2) is 6.20 Å². The number of hydrogen-bond donors (Lipinski definition) is 4. The van der Waals surface area contributed by atoms with Crippen molar-refractivity contribution in [3.63, 3.8) is 0 Å². The molecule has 1 aromatic rings. The second kappa shape index (κ2) is 5.67. The van der Waals surface area contributed by atoms with Gasteiger partial charge >= 0.3 is 6.03 Å². The van der Waals surface area contributed by atoms with Crippen LogP contribution in [0.4, 0.5) is 10.6 Å². The van der Waals surface area contributed by atoms with Crippen molar-refractivity contribution < 1.29 is 4.79 Å². The number of aromatic nitrogens is 2. The molecule has 0 spiro atoms. The Morgan fingerprint density at radius 1 is 1.47 bits per heavy atom. The van der Waals surface area contributed by atoms with E-state index >= 15 is 0 Å². The molecule has 1 aliphatic rings. The van der Waals surface area contributed by atoms with Gasteiger partial charge in [-0.2, -0.15) is 5.10 Å². The minimum absolute atomic E-state index is 0.184. The summed E-state index contributed by atoms with van der Waals surface area (Å²) in [6.07, 6.45) is 7.43. The molecule has 0 atom stereocenters. The molecule has 2 amide bonds. The summed E-state index contributed by atoms with van der Waals surface area (Å²) in [6, 6.07) is 0.115. The summed E-state index contributed by atoms with van der Waals surface area (Å²) >= 11 is 0.